The van der Waals surface area contributed by atoms with Crippen LogP contribution in [0.1, 0.15) is 22.0 Å². The molecular formula is C9H9NO3. The number of fused-ring (bicyclic) bond motifs is 1. The highest BCUT2D eigenvalue weighted by Gasteiger charge is 2.26. The van der Waals surface area contributed by atoms with Gasteiger partial charge >= 0.3 is 5.97 Å². The van der Waals surface area contributed by atoms with Crippen LogP contribution in [0.4, 0.5) is 0 Å². The van der Waals surface area contributed by atoms with Gasteiger partial charge in [-0.2, -0.15) is 0 Å². The zero-order valence-corrected chi connectivity index (χ0v) is 6.86. The number of nitrogens with two attached hydrogens (primary N) is 1. The minimum Gasteiger partial charge on any atom is -0.491 e. The summed E-state index contributed by atoms with van der Waals surface area (Å²) in [6.07, 6.45) is 0. The first kappa shape index (κ1) is 8.07. The molecule has 68 valence electrons. The highest BCUT2D eigenvalue weighted by molar-refractivity contribution is 5.90. The fourth-order valence-electron chi connectivity index (χ4n) is 1.50. The average molecular weight is 179 g/mol. The van der Waals surface area contributed by atoms with Crippen LogP contribution in [-0.4, -0.2) is 17.7 Å². The highest BCUT2D eigenvalue weighted by atomic mass is 16.5. The van der Waals surface area contributed by atoms with E-state index in [1.165, 1.54) is 6.07 Å². The monoisotopic (exact) mass is 179 g/mol. The van der Waals surface area contributed by atoms with Gasteiger partial charge in [-0.05, 0) is 12.1 Å². The Bertz CT molecular complexity index is 362. The number of carboxylic acids is 1. The molecule has 13 heavy (non-hydrogen) atoms. The normalized spacial score (nSPS) is 19.3. The molecule has 1 heterocycles. The van der Waals surface area contributed by atoms with Crippen molar-refractivity contribution in [2.24, 2.45) is 5.73 Å². The maximum atomic E-state index is 10.8. The van der Waals surface area contributed by atoms with E-state index in [2.05, 4.69) is 0 Å². The third kappa shape index (κ3) is 1.15. The fourth-order valence-corrected chi connectivity index (χ4v) is 1.50. The lowest BCUT2D eigenvalue weighted by Gasteiger charge is -2.04. The molecule has 0 spiro atoms. The summed E-state index contributed by atoms with van der Waals surface area (Å²) in [5, 5.41) is 8.86. The van der Waals surface area contributed by atoms with Crippen LogP contribution in [0.15, 0.2) is 18.2 Å². The number of carboxylic acid groups (broad SMARTS) is 1. The van der Waals surface area contributed by atoms with Crippen molar-refractivity contribution in [2.45, 2.75) is 6.04 Å². The smallest absolute Gasteiger partial charge is 0.336 e. The molecule has 0 aliphatic carbocycles. The minimum atomic E-state index is -0.960. The maximum Gasteiger partial charge on any atom is 0.336 e. The minimum absolute atomic E-state index is 0.238. The summed E-state index contributed by atoms with van der Waals surface area (Å²) in [7, 11) is 0. The Hall–Kier alpha value is -1.55. The largest absolute Gasteiger partial charge is 0.491 e. The van der Waals surface area contributed by atoms with Crippen LogP contribution < -0.4 is 10.5 Å². The number of hydrogen-bond donors (Lipinski definition) is 2. The van der Waals surface area contributed by atoms with Crippen molar-refractivity contribution in [1.29, 1.82) is 0 Å². The summed E-state index contributed by atoms with van der Waals surface area (Å²) >= 11 is 0. The molecule has 0 bridgehead atoms. The molecule has 2 rings (SSSR count). The van der Waals surface area contributed by atoms with E-state index in [4.69, 9.17) is 15.6 Å². The van der Waals surface area contributed by atoms with Gasteiger partial charge in [0.05, 0.1) is 11.6 Å². The summed E-state index contributed by atoms with van der Waals surface area (Å²) in [6.45, 7) is 0.361. The van der Waals surface area contributed by atoms with Crippen molar-refractivity contribution < 1.29 is 14.6 Å². The molecule has 4 heteroatoms. The van der Waals surface area contributed by atoms with Crippen molar-refractivity contribution in [1.82, 2.24) is 0 Å². The van der Waals surface area contributed by atoms with Gasteiger partial charge in [0.15, 0.2) is 0 Å². The van der Waals surface area contributed by atoms with Crippen LogP contribution in [0.3, 0.4) is 0 Å². The lowest BCUT2D eigenvalue weighted by Crippen LogP contribution is -2.14. The molecule has 0 unspecified atom stereocenters. The molecule has 0 aromatic heterocycles. The molecule has 1 aliphatic rings. The second-order valence-corrected chi connectivity index (χ2v) is 2.94. The van der Waals surface area contributed by atoms with Gasteiger partial charge in [-0.1, -0.05) is 6.07 Å². The molecule has 0 saturated heterocycles. The van der Waals surface area contributed by atoms with Crippen molar-refractivity contribution in [3.63, 3.8) is 0 Å². The van der Waals surface area contributed by atoms with E-state index in [9.17, 15) is 4.79 Å². The van der Waals surface area contributed by atoms with Crippen molar-refractivity contribution in [2.75, 3.05) is 6.61 Å². The van der Waals surface area contributed by atoms with Gasteiger partial charge < -0.3 is 15.6 Å². The topological polar surface area (TPSA) is 72.5 Å². The van der Waals surface area contributed by atoms with Crippen molar-refractivity contribution >= 4 is 5.97 Å². The lowest BCUT2D eigenvalue weighted by atomic mass is 10.0. The van der Waals surface area contributed by atoms with Crippen LogP contribution in [0.25, 0.3) is 0 Å². The number of carbonyl (C=O) groups is 1. The van der Waals surface area contributed by atoms with E-state index >= 15 is 0 Å². The molecule has 4 nitrogen and oxygen atoms in total. The number of aromatic carboxylic acids is 1. The molecule has 1 aromatic carbocycles. The Morgan fingerprint density at radius 3 is 3.08 bits per heavy atom. The first-order valence-corrected chi connectivity index (χ1v) is 3.94. The van der Waals surface area contributed by atoms with Gasteiger partial charge in [0.25, 0.3) is 0 Å². The Morgan fingerprint density at radius 1 is 1.62 bits per heavy atom. The average Bonchev–Trinajstić information content (AvgIpc) is 2.48. The number of benzene rings is 1. The highest BCUT2D eigenvalue weighted by Crippen LogP contribution is 2.33. The summed E-state index contributed by atoms with van der Waals surface area (Å²) in [6, 6.07) is 4.60. The molecule has 0 saturated carbocycles. The molecule has 0 fully saturated rings. The van der Waals surface area contributed by atoms with Gasteiger partial charge in [0.1, 0.15) is 12.4 Å². The molecule has 3 N–H and O–H groups in total. The van der Waals surface area contributed by atoms with E-state index < -0.39 is 5.97 Å². The molecule has 0 amide bonds. The van der Waals surface area contributed by atoms with Gasteiger partial charge in [0, 0.05) is 5.56 Å². The maximum absolute atomic E-state index is 10.8. The van der Waals surface area contributed by atoms with Gasteiger partial charge in [-0.3, -0.25) is 0 Å². The fraction of sp³-hybridized carbons (Fsp3) is 0.222. The quantitative estimate of drug-likeness (QED) is 0.668. The second-order valence-electron chi connectivity index (χ2n) is 2.94. The Balaban J connectivity index is 2.60. The zero-order chi connectivity index (χ0) is 9.42. The SMILES string of the molecule is N[C@H]1COc2cccc(C(=O)O)c21. The van der Waals surface area contributed by atoms with Gasteiger partial charge in [-0.15, -0.1) is 0 Å². The molecule has 1 atom stereocenters. The summed E-state index contributed by atoms with van der Waals surface area (Å²) in [5.74, 6) is -0.370. The van der Waals surface area contributed by atoms with Crippen LogP contribution in [0, 0.1) is 0 Å². The van der Waals surface area contributed by atoms with Crippen molar-refractivity contribution in [3.05, 3.63) is 29.3 Å². The number of rotatable bonds is 1. The third-order valence-electron chi connectivity index (χ3n) is 2.09. The van der Waals surface area contributed by atoms with Crippen LogP contribution >= 0.6 is 0 Å². The predicted molar refractivity (Wildman–Crippen MR) is 45.8 cm³/mol. The van der Waals surface area contributed by atoms with E-state index in [-0.39, 0.29) is 11.6 Å². The lowest BCUT2D eigenvalue weighted by molar-refractivity contribution is 0.0695. The van der Waals surface area contributed by atoms with Gasteiger partial charge in [-0.25, -0.2) is 4.79 Å². The van der Waals surface area contributed by atoms with E-state index in [1.54, 1.807) is 12.1 Å². The number of ether oxygens (including phenoxy) is 1. The van der Waals surface area contributed by atoms with Gasteiger partial charge in [0.2, 0.25) is 0 Å². The first-order valence-electron chi connectivity index (χ1n) is 3.94. The molecular weight excluding hydrogens is 170 g/mol. The van der Waals surface area contributed by atoms with E-state index in [0.717, 1.165) is 0 Å². The zero-order valence-electron chi connectivity index (χ0n) is 6.86. The standard InChI is InChI=1S/C9H9NO3/c10-6-4-13-7-3-1-2-5(8(6)7)9(11)12/h1-3,6H,4,10H2,(H,11,12)/t6-/m0/s1. The summed E-state index contributed by atoms with van der Waals surface area (Å²) in [5.41, 5.74) is 6.54. The predicted octanol–water partition coefficient (Wildman–Crippen LogP) is 0.777. The Morgan fingerprint density at radius 2 is 2.38 bits per heavy atom. The second kappa shape index (κ2) is 2.74. The summed E-state index contributed by atoms with van der Waals surface area (Å²) < 4.78 is 5.21. The first-order chi connectivity index (χ1) is 6.20. The summed E-state index contributed by atoms with van der Waals surface area (Å²) in [4.78, 5) is 10.8. The van der Waals surface area contributed by atoms with Crippen molar-refractivity contribution in [3.8, 4) is 5.75 Å². The van der Waals surface area contributed by atoms with Crippen LogP contribution in [0.5, 0.6) is 5.75 Å². The molecule has 1 aromatic rings. The Labute approximate surface area is 74.9 Å². The van der Waals surface area contributed by atoms with Crippen LogP contribution in [0.2, 0.25) is 0 Å². The third-order valence-corrected chi connectivity index (χ3v) is 2.09. The van der Waals surface area contributed by atoms with E-state index in [0.29, 0.717) is 17.9 Å². The Kier molecular flexibility index (Phi) is 1.70. The van der Waals surface area contributed by atoms with E-state index in [1.807, 2.05) is 0 Å². The molecule has 0 radical (unpaired) electrons. The molecule has 1 aliphatic heterocycles. The number of hydrogen-bond acceptors (Lipinski definition) is 3. The van der Waals surface area contributed by atoms with Crippen LogP contribution in [-0.2, 0) is 0 Å².